The van der Waals surface area contributed by atoms with Crippen LogP contribution < -0.4 is 5.32 Å². The quantitative estimate of drug-likeness (QED) is 0.842. The second-order valence-electron chi connectivity index (χ2n) is 4.12. The molecule has 0 radical (unpaired) electrons. The Bertz CT molecular complexity index is 502. The van der Waals surface area contributed by atoms with Gasteiger partial charge in [-0.3, -0.25) is 4.79 Å². The lowest BCUT2D eigenvalue weighted by atomic mass is 10.2. The molecular formula is C13H16N2O3. The maximum absolute atomic E-state index is 11.6. The molecule has 0 bridgehead atoms. The number of amides is 1. The lowest BCUT2D eigenvalue weighted by Crippen LogP contribution is -2.25. The first kappa shape index (κ1) is 12.4. The van der Waals surface area contributed by atoms with Crippen LogP contribution >= 0.6 is 0 Å². The van der Waals surface area contributed by atoms with Crippen molar-refractivity contribution in [3.63, 3.8) is 0 Å². The van der Waals surface area contributed by atoms with Crippen LogP contribution in [0, 0.1) is 0 Å². The van der Waals surface area contributed by atoms with Gasteiger partial charge in [-0.15, -0.1) is 0 Å². The molecule has 2 aromatic heterocycles. The Balaban J connectivity index is 1.79. The van der Waals surface area contributed by atoms with Gasteiger partial charge in [0.2, 0.25) is 0 Å². The maximum atomic E-state index is 11.6. The summed E-state index contributed by atoms with van der Waals surface area (Å²) in [5.41, 5.74) is 1.33. The van der Waals surface area contributed by atoms with Crippen LogP contribution in [0.15, 0.2) is 41.3 Å². The van der Waals surface area contributed by atoms with Crippen molar-refractivity contribution in [2.24, 2.45) is 7.05 Å². The van der Waals surface area contributed by atoms with Gasteiger partial charge in [0.05, 0.1) is 17.9 Å². The smallest absolute Gasteiger partial charge is 0.254 e. The zero-order valence-electron chi connectivity index (χ0n) is 10.2. The SMILES string of the molecule is Cn1cccc1C(O)CCNC(=O)c1ccoc1. The van der Waals surface area contributed by atoms with E-state index in [0.717, 1.165) is 5.69 Å². The van der Waals surface area contributed by atoms with Crippen LogP contribution in [0.1, 0.15) is 28.6 Å². The summed E-state index contributed by atoms with van der Waals surface area (Å²) >= 11 is 0. The second-order valence-corrected chi connectivity index (χ2v) is 4.12. The van der Waals surface area contributed by atoms with Crippen LogP contribution in [-0.2, 0) is 7.05 Å². The highest BCUT2D eigenvalue weighted by molar-refractivity contribution is 5.93. The summed E-state index contributed by atoms with van der Waals surface area (Å²) in [6.07, 6.45) is 4.62. The fourth-order valence-corrected chi connectivity index (χ4v) is 1.79. The van der Waals surface area contributed by atoms with Crippen molar-refractivity contribution in [3.05, 3.63) is 48.2 Å². The molecule has 2 rings (SSSR count). The van der Waals surface area contributed by atoms with Gasteiger partial charge in [0, 0.05) is 25.5 Å². The van der Waals surface area contributed by atoms with Gasteiger partial charge < -0.3 is 19.4 Å². The van der Waals surface area contributed by atoms with E-state index in [1.807, 2.05) is 29.9 Å². The van der Waals surface area contributed by atoms with Crippen LogP contribution in [0.5, 0.6) is 0 Å². The summed E-state index contributed by atoms with van der Waals surface area (Å²) in [6.45, 7) is 0.413. The zero-order chi connectivity index (χ0) is 13.0. The van der Waals surface area contributed by atoms with Gasteiger partial charge in [0.25, 0.3) is 5.91 Å². The van der Waals surface area contributed by atoms with E-state index in [1.165, 1.54) is 12.5 Å². The fraction of sp³-hybridized carbons (Fsp3) is 0.308. The van der Waals surface area contributed by atoms with E-state index in [2.05, 4.69) is 5.32 Å². The largest absolute Gasteiger partial charge is 0.472 e. The molecule has 96 valence electrons. The van der Waals surface area contributed by atoms with Gasteiger partial charge in [-0.05, 0) is 24.6 Å². The van der Waals surface area contributed by atoms with Crippen molar-refractivity contribution >= 4 is 5.91 Å². The summed E-state index contributed by atoms with van der Waals surface area (Å²) in [5, 5.41) is 12.7. The van der Waals surface area contributed by atoms with Crippen molar-refractivity contribution in [1.82, 2.24) is 9.88 Å². The summed E-state index contributed by atoms with van der Waals surface area (Å²) in [5.74, 6) is -0.192. The van der Waals surface area contributed by atoms with Gasteiger partial charge in [-0.2, -0.15) is 0 Å². The average molecular weight is 248 g/mol. The number of nitrogens with zero attached hydrogens (tertiary/aromatic N) is 1. The Morgan fingerprint density at radius 3 is 3.00 bits per heavy atom. The molecule has 0 aliphatic rings. The number of carbonyl (C=O) groups excluding carboxylic acids is 1. The molecule has 0 saturated heterocycles. The number of rotatable bonds is 5. The second kappa shape index (κ2) is 5.55. The Hall–Kier alpha value is -2.01. The van der Waals surface area contributed by atoms with Crippen molar-refractivity contribution in [2.75, 3.05) is 6.54 Å². The predicted molar refractivity (Wildman–Crippen MR) is 66.0 cm³/mol. The van der Waals surface area contributed by atoms with Crippen molar-refractivity contribution in [2.45, 2.75) is 12.5 Å². The number of aliphatic hydroxyl groups is 1. The number of carbonyl (C=O) groups is 1. The minimum absolute atomic E-state index is 0.192. The van der Waals surface area contributed by atoms with Crippen LogP contribution in [-0.4, -0.2) is 22.1 Å². The number of aromatic nitrogens is 1. The van der Waals surface area contributed by atoms with E-state index in [0.29, 0.717) is 18.5 Å². The standard InChI is InChI=1S/C13H16N2O3/c1-15-7-2-3-11(15)12(16)4-6-14-13(17)10-5-8-18-9-10/h2-3,5,7-9,12,16H,4,6H2,1H3,(H,14,17). The van der Waals surface area contributed by atoms with E-state index in [9.17, 15) is 9.90 Å². The van der Waals surface area contributed by atoms with Crippen LogP contribution in [0.25, 0.3) is 0 Å². The summed E-state index contributed by atoms with van der Waals surface area (Å²) in [7, 11) is 1.88. The van der Waals surface area contributed by atoms with Gasteiger partial charge in [0.1, 0.15) is 6.26 Å². The van der Waals surface area contributed by atoms with E-state index >= 15 is 0 Å². The molecule has 2 heterocycles. The molecule has 1 atom stereocenters. The van der Waals surface area contributed by atoms with Crippen LogP contribution in [0.2, 0.25) is 0 Å². The molecule has 0 aliphatic heterocycles. The molecule has 2 aromatic rings. The summed E-state index contributed by atoms with van der Waals surface area (Å²) in [4.78, 5) is 11.6. The Morgan fingerprint density at radius 1 is 1.56 bits per heavy atom. The van der Waals surface area contributed by atoms with Gasteiger partial charge in [-0.1, -0.05) is 0 Å². The van der Waals surface area contributed by atoms with Crippen LogP contribution in [0.3, 0.4) is 0 Å². The van der Waals surface area contributed by atoms with E-state index in [-0.39, 0.29) is 5.91 Å². The first-order chi connectivity index (χ1) is 8.68. The molecule has 5 nitrogen and oxygen atoms in total. The zero-order valence-corrected chi connectivity index (χ0v) is 10.2. The van der Waals surface area contributed by atoms with Crippen molar-refractivity contribution in [3.8, 4) is 0 Å². The first-order valence-corrected chi connectivity index (χ1v) is 5.78. The molecule has 5 heteroatoms. The summed E-state index contributed by atoms with van der Waals surface area (Å²) in [6, 6.07) is 5.34. The Kier molecular flexibility index (Phi) is 3.84. The molecular weight excluding hydrogens is 232 g/mol. The normalized spacial score (nSPS) is 12.3. The summed E-state index contributed by atoms with van der Waals surface area (Å²) < 4.78 is 6.69. The molecule has 1 unspecified atom stereocenters. The van der Waals surface area contributed by atoms with Crippen molar-refractivity contribution in [1.29, 1.82) is 0 Å². The third kappa shape index (κ3) is 2.81. The maximum Gasteiger partial charge on any atom is 0.254 e. The minimum atomic E-state index is -0.574. The lowest BCUT2D eigenvalue weighted by Gasteiger charge is -2.12. The van der Waals surface area contributed by atoms with E-state index in [1.54, 1.807) is 6.07 Å². The van der Waals surface area contributed by atoms with Crippen LogP contribution in [0.4, 0.5) is 0 Å². The number of aryl methyl sites for hydroxylation is 1. The number of hydrogen-bond acceptors (Lipinski definition) is 3. The number of hydrogen-bond donors (Lipinski definition) is 2. The Morgan fingerprint density at radius 2 is 2.39 bits per heavy atom. The van der Waals surface area contributed by atoms with Crippen molar-refractivity contribution < 1.29 is 14.3 Å². The fourth-order valence-electron chi connectivity index (χ4n) is 1.79. The van der Waals surface area contributed by atoms with E-state index < -0.39 is 6.10 Å². The monoisotopic (exact) mass is 248 g/mol. The van der Waals surface area contributed by atoms with Gasteiger partial charge in [0.15, 0.2) is 0 Å². The average Bonchev–Trinajstić information content (AvgIpc) is 2.99. The van der Waals surface area contributed by atoms with E-state index in [4.69, 9.17) is 4.42 Å². The molecule has 1 amide bonds. The molecule has 0 aliphatic carbocycles. The van der Waals surface area contributed by atoms with Gasteiger partial charge in [-0.25, -0.2) is 0 Å². The third-order valence-corrected chi connectivity index (χ3v) is 2.81. The molecule has 0 saturated carbocycles. The highest BCUT2D eigenvalue weighted by Crippen LogP contribution is 2.15. The Labute approximate surface area is 105 Å². The first-order valence-electron chi connectivity index (χ1n) is 5.78. The molecule has 0 fully saturated rings. The molecule has 2 N–H and O–H groups in total. The topological polar surface area (TPSA) is 67.4 Å². The highest BCUT2D eigenvalue weighted by Gasteiger charge is 2.11. The molecule has 18 heavy (non-hydrogen) atoms. The lowest BCUT2D eigenvalue weighted by molar-refractivity contribution is 0.0940. The number of nitrogens with one attached hydrogen (secondary N) is 1. The molecule has 0 aromatic carbocycles. The minimum Gasteiger partial charge on any atom is -0.472 e. The third-order valence-electron chi connectivity index (χ3n) is 2.81. The van der Waals surface area contributed by atoms with Gasteiger partial charge >= 0.3 is 0 Å². The highest BCUT2D eigenvalue weighted by atomic mass is 16.3. The predicted octanol–water partition coefficient (Wildman–Crippen LogP) is 1.47. The number of furan rings is 1. The number of aliphatic hydroxyl groups excluding tert-OH is 1. The molecule has 0 spiro atoms.